The second kappa shape index (κ2) is 6.22. The van der Waals surface area contributed by atoms with Crippen LogP contribution >= 0.6 is 11.6 Å². The van der Waals surface area contributed by atoms with E-state index in [9.17, 15) is 9.59 Å². The van der Waals surface area contributed by atoms with Gasteiger partial charge in [-0.25, -0.2) is 4.98 Å². The molecular formula is C14H18ClN3O2. The van der Waals surface area contributed by atoms with Gasteiger partial charge < -0.3 is 9.80 Å². The minimum absolute atomic E-state index is 0.0489. The van der Waals surface area contributed by atoms with Gasteiger partial charge in [-0.15, -0.1) is 0 Å². The average Bonchev–Trinajstić information content (AvgIpc) is 2.45. The number of carbonyl (C=O) groups is 2. The zero-order valence-electron chi connectivity index (χ0n) is 11.7. The van der Waals surface area contributed by atoms with Gasteiger partial charge in [0.1, 0.15) is 5.15 Å². The Balaban J connectivity index is 2.09. The summed E-state index contributed by atoms with van der Waals surface area (Å²) < 4.78 is 0. The molecule has 0 unspecified atom stereocenters. The molecule has 0 spiro atoms. The van der Waals surface area contributed by atoms with Gasteiger partial charge >= 0.3 is 0 Å². The van der Waals surface area contributed by atoms with Crippen molar-refractivity contribution < 1.29 is 9.59 Å². The van der Waals surface area contributed by atoms with Gasteiger partial charge in [0.15, 0.2) is 0 Å². The Kier molecular flexibility index (Phi) is 4.60. The van der Waals surface area contributed by atoms with E-state index in [1.54, 1.807) is 28.9 Å². The molecule has 2 amide bonds. The number of rotatable bonds is 2. The lowest BCUT2D eigenvalue weighted by Crippen LogP contribution is -2.50. The smallest absolute Gasteiger partial charge is 0.254 e. The zero-order chi connectivity index (χ0) is 14.7. The predicted octanol–water partition coefficient (Wildman–Crippen LogP) is 1.60. The van der Waals surface area contributed by atoms with Crippen LogP contribution in [-0.2, 0) is 11.2 Å². The number of carbonyl (C=O) groups excluding carboxylic acids is 2. The number of amides is 2. The molecule has 0 saturated carbocycles. The number of hydrogen-bond acceptors (Lipinski definition) is 3. The number of aryl methyl sites for hydroxylation is 1. The lowest BCUT2D eigenvalue weighted by molar-refractivity contribution is -0.130. The summed E-state index contributed by atoms with van der Waals surface area (Å²) in [6.07, 6.45) is 0.735. The van der Waals surface area contributed by atoms with Crippen LogP contribution in [0.3, 0.4) is 0 Å². The third-order valence-corrected chi connectivity index (χ3v) is 3.66. The number of pyridine rings is 1. The van der Waals surface area contributed by atoms with Crippen LogP contribution in [0.1, 0.15) is 29.9 Å². The van der Waals surface area contributed by atoms with Gasteiger partial charge in [0.2, 0.25) is 5.91 Å². The van der Waals surface area contributed by atoms with Crippen LogP contribution in [0.5, 0.6) is 0 Å². The zero-order valence-corrected chi connectivity index (χ0v) is 12.5. The summed E-state index contributed by atoms with van der Waals surface area (Å²) in [6.45, 7) is 5.80. The van der Waals surface area contributed by atoms with E-state index in [2.05, 4.69) is 4.98 Å². The van der Waals surface area contributed by atoms with E-state index in [4.69, 9.17) is 11.6 Å². The number of nitrogens with zero attached hydrogens (tertiary/aromatic N) is 3. The summed E-state index contributed by atoms with van der Waals surface area (Å²) in [5, 5.41) is 0.343. The molecule has 6 heteroatoms. The lowest BCUT2D eigenvalue weighted by Gasteiger charge is -2.34. The number of aromatic nitrogens is 1. The Morgan fingerprint density at radius 3 is 2.35 bits per heavy atom. The molecule has 20 heavy (non-hydrogen) atoms. The molecule has 5 nitrogen and oxygen atoms in total. The van der Waals surface area contributed by atoms with Crippen molar-refractivity contribution in [2.45, 2.75) is 20.3 Å². The van der Waals surface area contributed by atoms with E-state index in [0.29, 0.717) is 36.9 Å². The highest BCUT2D eigenvalue weighted by Crippen LogP contribution is 2.15. The molecule has 2 heterocycles. The molecule has 1 aromatic rings. The number of piperazine rings is 1. The van der Waals surface area contributed by atoms with Crippen LogP contribution in [0.4, 0.5) is 0 Å². The highest BCUT2D eigenvalue weighted by Gasteiger charge is 2.23. The predicted molar refractivity (Wildman–Crippen MR) is 76.8 cm³/mol. The average molecular weight is 296 g/mol. The van der Waals surface area contributed by atoms with Crippen LogP contribution < -0.4 is 0 Å². The first kappa shape index (κ1) is 14.8. The molecule has 1 aliphatic heterocycles. The largest absolute Gasteiger partial charge is 0.339 e. The van der Waals surface area contributed by atoms with Crippen molar-refractivity contribution in [3.05, 3.63) is 28.5 Å². The molecule has 0 aliphatic carbocycles. The Labute approximate surface area is 123 Å². The molecule has 1 aromatic heterocycles. The first-order valence-electron chi connectivity index (χ1n) is 6.72. The summed E-state index contributed by atoms with van der Waals surface area (Å²) in [6, 6.07) is 3.38. The highest BCUT2D eigenvalue weighted by atomic mass is 35.5. The van der Waals surface area contributed by atoms with Crippen molar-refractivity contribution >= 4 is 23.4 Å². The lowest BCUT2D eigenvalue weighted by atomic mass is 10.1. The molecule has 1 aliphatic rings. The Hall–Kier alpha value is -1.62. The minimum Gasteiger partial charge on any atom is -0.339 e. The number of halogens is 1. The summed E-state index contributed by atoms with van der Waals surface area (Å²) in [7, 11) is 0. The summed E-state index contributed by atoms with van der Waals surface area (Å²) in [5.41, 5.74) is 1.38. The van der Waals surface area contributed by atoms with Gasteiger partial charge in [-0.2, -0.15) is 0 Å². The Morgan fingerprint density at radius 1 is 1.20 bits per heavy atom. The summed E-state index contributed by atoms with van der Waals surface area (Å²) >= 11 is 5.94. The van der Waals surface area contributed by atoms with E-state index < -0.39 is 0 Å². The van der Waals surface area contributed by atoms with Crippen molar-refractivity contribution in [1.29, 1.82) is 0 Å². The van der Waals surface area contributed by atoms with Crippen LogP contribution in [-0.4, -0.2) is 52.8 Å². The van der Waals surface area contributed by atoms with E-state index in [1.807, 2.05) is 6.92 Å². The molecule has 0 radical (unpaired) electrons. The standard InChI is InChI=1S/C14H18ClN3O2/c1-3-12-8-11(9-13(15)16-12)14(20)18-6-4-17(5-7-18)10(2)19/h8-9H,3-7H2,1-2H3. The van der Waals surface area contributed by atoms with Crippen molar-refractivity contribution in [2.75, 3.05) is 26.2 Å². The monoisotopic (exact) mass is 295 g/mol. The van der Waals surface area contributed by atoms with Gasteiger partial charge in [0.25, 0.3) is 5.91 Å². The summed E-state index contributed by atoms with van der Waals surface area (Å²) in [4.78, 5) is 31.4. The molecule has 0 bridgehead atoms. The van der Waals surface area contributed by atoms with E-state index in [1.165, 1.54) is 0 Å². The summed E-state index contributed by atoms with van der Waals surface area (Å²) in [5.74, 6) is 0.00419. The molecular weight excluding hydrogens is 278 g/mol. The molecule has 1 saturated heterocycles. The second-order valence-corrected chi connectivity index (χ2v) is 5.21. The second-order valence-electron chi connectivity index (χ2n) is 4.82. The van der Waals surface area contributed by atoms with E-state index in [0.717, 1.165) is 12.1 Å². The first-order valence-corrected chi connectivity index (χ1v) is 7.10. The van der Waals surface area contributed by atoms with Gasteiger partial charge in [-0.3, -0.25) is 9.59 Å². The van der Waals surface area contributed by atoms with E-state index in [-0.39, 0.29) is 11.8 Å². The van der Waals surface area contributed by atoms with Gasteiger partial charge in [-0.05, 0) is 18.6 Å². The van der Waals surface area contributed by atoms with Crippen molar-refractivity contribution in [3.63, 3.8) is 0 Å². The third-order valence-electron chi connectivity index (χ3n) is 3.47. The van der Waals surface area contributed by atoms with Gasteiger partial charge in [-0.1, -0.05) is 18.5 Å². The highest BCUT2D eigenvalue weighted by molar-refractivity contribution is 6.29. The molecule has 108 valence electrons. The fourth-order valence-corrected chi connectivity index (χ4v) is 2.49. The van der Waals surface area contributed by atoms with Crippen molar-refractivity contribution in [3.8, 4) is 0 Å². The molecule has 1 fully saturated rings. The fraction of sp³-hybridized carbons (Fsp3) is 0.500. The van der Waals surface area contributed by atoms with Crippen LogP contribution in [0.25, 0.3) is 0 Å². The topological polar surface area (TPSA) is 53.5 Å². The Morgan fingerprint density at radius 2 is 1.80 bits per heavy atom. The normalized spacial score (nSPS) is 15.3. The van der Waals surface area contributed by atoms with Crippen LogP contribution in [0.15, 0.2) is 12.1 Å². The van der Waals surface area contributed by atoms with E-state index >= 15 is 0 Å². The minimum atomic E-state index is -0.0489. The molecule has 0 N–H and O–H groups in total. The first-order chi connectivity index (χ1) is 9.51. The number of hydrogen-bond donors (Lipinski definition) is 0. The molecule has 2 rings (SSSR count). The maximum absolute atomic E-state index is 12.4. The van der Waals surface area contributed by atoms with Crippen LogP contribution in [0, 0.1) is 0 Å². The fourth-order valence-electron chi connectivity index (χ4n) is 2.26. The molecule has 0 aromatic carbocycles. The third kappa shape index (κ3) is 3.28. The van der Waals surface area contributed by atoms with Crippen molar-refractivity contribution in [2.24, 2.45) is 0 Å². The Bertz CT molecular complexity index is 525. The molecule has 0 atom stereocenters. The maximum Gasteiger partial charge on any atom is 0.254 e. The maximum atomic E-state index is 12.4. The van der Waals surface area contributed by atoms with Crippen molar-refractivity contribution in [1.82, 2.24) is 14.8 Å². The van der Waals surface area contributed by atoms with Gasteiger partial charge in [0.05, 0.1) is 0 Å². The van der Waals surface area contributed by atoms with Gasteiger partial charge in [0, 0.05) is 44.4 Å². The van der Waals surface area contributed by atoms with Crippen LogP contribution in [0.2, 0.25) is 5.15 Å². The quantitative estimate of drug-likeness (QED) is 0.779. The SMILES string of the molecule is CCc1cc(C(=O)N2CCN(C(C)=O)CC2)cc(Cl)n1.